The van der Waals surface area contributed by atoms with E-state index in [1.807, 2.05) is 6.92 Å². The molecule has 2 amide bonds. The number of benzene rings is 2. The fraction of sp³-hybridized carbons (Fsp3) is 0.417. The number of hydrogen-bond donors (Lipinski definition) is 3. The van der Waals surface area contributed by atoms with E-state index in [2.05, 4.69) is 10.2 Å². The summed E-state index contributed by atoms with van der Waals surface area (Å²) in [7, 11) is -2.16. The highest BCUT2D eigenvalue weighted by atomic mass is 35.5. The second kappa shape index (κ2) is 11.2. The number of anilines is 2. The normalized spacial score (nSPS) is 16.5. The lowest BCUT2D eigenvalue weighted by Gasteiger charge is -2.33. The van der Waals surface area contributed by atoms with Crippen LogP contribution in [-0.2, 0) is 16.4 Å². The minimum atomic E-state index is -3.63. The summed E-state index contributed by atoms with van der Waals surface area (Å²) >= 11 is 12.8. The van der Waals surface area contributed by atoms with Crippen molar-refractivity contribution in [3.05, 3.63) is 51.0 Å². The number of nitrogens with two attached hydrogens (primary N) is 1. The fourth-order valence-electron chi connectivity index (χ4n) is 4.38. The molecule has 4 N–H and O–H groups in total. The van der Waals surface area contributed by atoms with E-state index in [0.29, 0.717) is 13.1 Å². The molecule has 0 saturated carbocycles. The van der Waals surface area contributed by atoms with E-state index in [1.165, 1.54) is 37.1 Å². The number of rotatable bonds is 7. The Morgan fingerprint density at radius 3 is 2.61 bits per heavy atom. The molecule has 0 bridgehead atoms. The van der Waals surface area contributed by atoms with Crippen molar-refractivity contribution in [3.63, 3.8) is 0 Å². The van der Waals surface area contributed by atoms with Gasteiger partial charge < -0.3 is 21.1 Å². The number of nitrogens with one attached hydrogen (secondary N) is 1. The SMILES string of the molecule is CCS(=O)(=O)c1ccc(Cl)cc1N(C)C(=O)c1cc(C)c(CN2CCC[C@@H](NC(=O)O)C2)c(Cl)c1N. The van der Waals surface area contributed by atoms with Crippen molar-refractivity contribution in [2.75, 3.05) is 36.5 Å². The van der Waals surface area contributed by atoms with E-state index in [1.54, 1.807) is 6.07 Å². The van der Waals surface area contributed by atoms with Crippen LogP contribution in [0, 0.1) is 6.92 Å². The van der Waals surface area contributed by atoms with Gasteiger partial charge in [0.15, 0.2) is 9.84 Å². The van der Waals surface area contributed by atoms with Crippen LogP contribution in [-0.4, -0.2) is 62.4 Å². The van der Waals surface area contributed by atoms with Crippen LogP contribution in [0.25, 0.3) is 0 Å². The Balaban J connectivity index is 1.92. The number of likely N-dealkylation sites (tertiary alicyclic amines) is 1. The van der Waals surface area contributed by atoms with Crippen LogP contribution in [0.2, 0.25) is 10.0 Å². The molecule has 1 fully saturated rings. The van der Waals surface area contributed by atoms with Gasteiger partial charge in [0.1, 0.15) is 0 Å². The number of sulfone groups is 1. The highest BCUT2D eigenvalue weighted by molar-refractivity contribution is 7.91. The van der Waals surface area contributed by atoms with Gasteiger partial charge in [-0.3, -0.25) is 9.69 Å². The number of halogens is 2. The molecule has 1 aliphatic rings. The molecule has 0 radical (unpaired) electrons. The third-order valence-corrected chi connectivity index (χ3v) is 8.82. The van der Waals surface area contributed by atoms with Gasteiger partial charge in [-0.05, 0) is 61.7 Å². The lowest BCUT2D eigenvalue weighted by atomic mass is 9.99. The molecule has 2 aromatic rings. The molecule has 1 atom stereocenters. The zero-order valence-corrected chi connectivity index (χ0v) is 22.7. The molecule has 0 unspecified atom stereocenters. The van der Waals surface area contributed by atoms with Crippen molar-refractivity contribution in [3.8, 4) is 0 Å². The van der Waals surface area contributed by atoms with Crippen LogP contribution >= 0.6 is 23.2 Å². The second-order valence-electron chi connectivity index (χ2n) is 8.85. The summed E-state index contributed by atoms with van der Waals surface area (Å²) in [5, 5.41) is 12.1. The van der Waals surface area contributed by atoms with E-state index < -0.39 is 21.8 Å². The van der Waals surface area contributed by atoms with Crippen molar-refractivity contribution in [1.82, 2.24) is 10.2 Å². The summed E-state index contributed by atoms with van der Waals surface area (Å²) in [6.45, 7) is 5.11. The lowest BCUT2D eigenvalue weighted by molar-refractivity contribution is 0.0993. The molecule has 0 spiro atoms. The van der Waals surface area contributed by atoms with E-state index in [-0.39, 0.29) is 43.7 Å². The molecular formula is C24H30Cl2N4O5S. The van der Waals surface area contributed by atoms with Gasteiger partial charge >= 0.3 is 6.09 Å². The van der Waals surface area contributed by atoms with Crippen LogP contribution in [0.15, 0.2) is 29.2 Å². The predicted octanol–water partition coefficient (Wildman–Crippen LogP) is 4.19. The van der Waals surface area contributed by atoms with Gasteiger partial charge in [-0.1, -0.05) is 30.1 Å². The molecule has 1 saturated heterocycles. The minimum Gasteiger partial charge on any atom is -0.465 e. The maximum absolute atomic E-state index is 13.5. The van der Waals surface area contributed by atoms with Gasteiger partial charge in [-0.15, -0.1) is 0 Å². The number of nitrogens with zero attached hydrogens (tertiary/aromatic N) is 2. The summed E-state index contributed by atoms with van der Waals surface area (Å²) in [4.78, 5) is 27.8. The number of hydrogen-bond acceptors (Lipinski definition) is 6. The number of amides is 2. The summed E-state index contributed by atoms with van der Waals surface area (Å²) in [6, 6.07) is 5.75. The first-order chi connectivity index (χ1) is 16.9. The maximum Gasteiger partial charge on any atom is 0.404 e. The van der Waals surface area contributed by atoms with Crippen LogP contribution in [0.5, 0.6) is 0 Å². The molecule has 9 nitrogen and oxygen atoms in total. The monoisotopic (exact) mass is 556 g/mol. The second-order valence-corrected chi connectivity index (χ2v) is 11.9. The number of carboxylic acid groups (broad SMARTS) is 1. The summed E-state index contributed by atoms with van der Waals surface area (Å²) in [6.07, 6.45) is 0.541. The Morgan fingerprint density at radius 2 is 1.97 bits per heavy atom. The number of carbonyl (C=O) groups excluding carboxylic acids is 1. The Kier molecular flexibility index (Phi) is 8.76. The van der Waals surface area contributed by atoms with Gasteiger partial charge in [0, 0.05) is 31.2 Å². The highest BCUT2D eigenvalue weighted by Gasteiger charge is 2.27. The molecule has 1 heterocycles. The fourth-order valence-corrected chi connectivity index (χ4v) is 5.96. The molecule has 3 rings (SSSR count). The summed E-state index contributed by atoms with van der Waals surface area (Å²) in [5.41, 5.74) is 8.20. The average Bonchev–Trinajstić information content (AvgIpc) is 2.82. The molecule has 196 valence electrons. The van der Waals surface area contributed by atoms with Crippen molar-refractivity contribution in [2.24, 2.45) is 0 Å². The smallest absolute Gasteiger partial charge is 0.404 e. The molecule has 12 heteroatoms. The largest absolute Gasteiger partial charge is 0.465 e. The Hall–Kier alpha value is -2.53. The first-order valence-corrected chi connectivity index (χ1v) is 13.9. The number of carbonyl (C=O) groups is 2. The molecule has 36 heavy (non-hydrogen) atoms. The third-order valence-electron chi connectivity index (χ3n) is 6.38. The molecular weight excluding hydrogens is 527 g/mol. The van der Waals surface area contributed by atoms with Crippen LogP contribution in [0.3, 0.4) is 0 Å². The van der Waals surface area contributed by atoms with Crippen molar-refractivity contribution in [2.45, 2.75) is 44.2 Å². The van der Waals surface area contributed by atoms with Crippen molar-refractivity contribution >= 4 is 56.4 Å². The van der Waals surface area contributed by atoms with Gasteiger partial charge in [0.25, 0.3) is 5.91 Å². The average molecular weight is 558 g/mol. The highest BCUT2D eigenvalue weighted by Crippen LogP contribution is 2.35. The summed E-state index contributed by atoms with van der Waals surface area (Å²) < 4.78 is 25.2. The van der Waals surface area contributed by atoms with Crippen molar-refractivity contribution in [1.29, 1.82) is 0 Å². The molecule has 0 aliphatic carbocycles. The molecule has 0 aromatic heterocycles. The first kappa shape index (κ1) is 28.0. The van der Waals surface area contributed by atoms with Crippen LogP contribution < -0.4 is 16.0 Å². The van der Waals surface area contributed by atoms with Gasteiger partial charge in [-0.2, -0.15) is 0 Å². The Bertz CT molecular complexity index is 1290. The van der Waals surface area contributed by atoms with Crippen molar-refractivity contribution < 1.29 is 23.1 Å². The third kappa shape index (κ3) is 6.05. The minimum absolute atomic E-state index is 0.00196. The predicted molar refractivity (Wildman–Crippen MR) is 142 cm³/mol. The van der Waals surface area contributed by atoms with E-state index >= 15 is 0 Å². The Morgan fingerprint density at radius 1 is 1.28 bits per heavy atom. The lowest BCUT2D eigenvalue weighted by Crippen LogP contribution is -2.47. The van der Waals surface area contributed by atoms with E-state index in [0.717, 1.165) is 30.5 Å². The maximum atomic E-state index is 13.5. The Labute approximate surface area is 221 Å². The number of nitrogen functional groups attached to an aromatic ring is 1. The van der Waals surface area contributed by atoms with Crippen LogP contribution in [0.4, 0.5) is 16.2 Å². The van der Waals surface area contributed by atoms with Crippen LogP contribution in [0.1, 0.15) is 41.3 Å². The molecule has 1 aliphatic heterocycles. The number of piperidine rings is 1. The van der Waals surface area contributed by atoms with Gasteiger partial charge in [0.2, 0.25) is 0 Å². The number of aryl methyl sites for hydroxylation is 1. The quantitative estimate of drug-likeness (QED) is 0.435. The van der Waals surface area contributed by atoms with Gasteiger partial charge in [0.05, 0.1) is 32.6 Å². The topological polar surface area (TPSA) is 133 Å². The van der Waals surface area contributed by atoms with Gasteiger partial charge in [-0.25, -0.2) is 13.2 Å². The first-order valence-electron chi connectivity index (χ1n) is 11.4. The standard InChI is InChI=1S/C24H30Cl2N4O5S/c1-4-36(34,35)20-8-7-15(25)11-19(20)29(3)23(31)17-10-14(2)18(21(26)22(17)27)13-30-9-5-6-16(12-30)28-24(32)33/h7-8,10-11,16,28H,4-6,9,12-13,27H2,1-3H3,(H,32,33)/t16-/m1/s1. The van der Waals surface area contributed by atoms with E-state index in [4.69, 9.17) is 34.0 Å². The molecule has 2 aromatic carbocycles. The summed E-state index contributed by atoms with van der Waals surface area (Å²) in [5.74, 6) is -0.660. The van der Waals surface area contributed by atoms with E-state index in [9.17, 15) is 18.0 Å². The zero-order valence-electron chi connectivity index (χ0n) is 20.3. The zero-order chi connectivity index (χ0) is 26.8.